The Kier molecular flexibility index (Phi) is 3.50. The second-order valence-electron chi connectivity index (χ2n) is 7.45. The number of fused-ring (bicyclic) bond motifs is 2. The fourth-order valence-corrected chi connectivity index (χ4v) is 3.79. The number of hydrogen-bond acceptors (Lipinski definition) is 4. The van der Waals surface area contributed by atoms with E-state index in [9.17, 15) is 4.79 Å². The van der Waals surface area contributed by atoms with Crippen molar-refractivity contribution in [2.24, 2.45) is 0 Å². The van der Waals surface area contributed by atoms with E-state index in [1.54, 1.807) is 11.8 Å². The number of nitrogens with zero attached hydrogens (tertiary/aromatic N) is 4. The van der Waals surface area contributed by atoms with Crippen LogP contribution >= 0.6 is 0 Å². The molecule has 27 heavy (non-hydrogen) atoms. The molecule has 2 aromatic heterocycles. The number of carbonyl (C=O) groups is 1. The van der Waals surface area contributed by atoms with Crippen LogP contribution in [0.5, 0.6) is 5.75 Å². The quantitative estimate of drug-likeness (QED) is 0.712. The van der Waals surface area contributed by atoms with Crippen LogP contribution in [0.4, 0.5) is 5.69 Å². The maximum absolute atomic E-state index is 12.3. The van der Waals surface area contributed by atoms with Gasteiger partial charge in [0.2, 0.25) is 0 Å². The van der Waals surface area contributed by atoms with Gasteiger partial charge < -0.3 is 14.2 Å². The molecule has 2 aliphatic rings. The second kappa shape index (κ2) is 5.81. The van der Waals surface area contributed by atoms with Crippen molar-refractivity contribution in [1.82, 2.24) is 14.5 Å². The molecule has 1 aliphatic carbocycles. The molecule has 1 aromatic carbocycles. The molecule has 1 fully saturated rings. The van der Waals surface area contributed by atoms with Gasteiger partial charge in [-0.25, -0.2) is 9.97 Å². The number of anilines is 1. The number of benzene rings is 1. The first-order chi connectivity index (χ1) is 13.0. The van der Waals surface area contributed by atoms with Gasteiger partial charge >= 0.3 is 0 Å². The maximum Gasteiger partial charge on any atom is 0.267 e. The highest BCUT2D eigenvalue weighted by atomic mass is 16.5. The molecule has 0 bridgehead atoms. The minimum atomic E-state index is -0.480. The van der Waals surface area contributed by atoms with E-state index in [0.717, 1.165) is 34.5 Å². The normalized spacial score (nSPS) is 19.3. The van der Waals surface area contributed by atoms with E-state index in [2.05, 4.69) is 28.6 Å². The van der Waals surface area contributed by atoms with Crippen LogP contribution in [0.1, 0.15) is 38.2 Å². The first kappa shape index (κ1) is 16.3. The van der Waals surface area contributed by atoms with Crippen molar-refractivity contribution < 1.29 is 9.53 Å². The largest absolute Gasteiger partial charge is 0.479 e. The van der Waals surface area contributed by atoms with E-state index in [1.165, 1.54) is 18.4 Å². The van der Waals surface area contributed by atoms with Crippen LogP contribution in [0, 0.1) is 0 Å². The van der Waals surface area contributed by atoms with E-state index in [0.29, 0.717) is 11.7 Å². The molecule has 3 heterocycles. The van der Waals surface area contributed by atoms with Crippen LogP contribution in [-0.4, -0.2) is 33.6 Å². The zero-order valence-electron chi connectivity index (χ0n) is 15.8. The number of likely N-dealkylation sites (N-methyl/N-ethyl adjacent to an activating group) is 1. The molecule has 5 rings (SSSR count). The highest BCUT2D eigenvalue weighted by Crippen LogP contribution is 2.46. The third-order valence-corrected chi connectivity index (χ3v) is 5.54. The summed E-state index contributed by atoms with van der Waals surface area (Å²) in [5.41, 5.74) is 4.79. The number of hydrogen-bond donors (Lipinski definition) is 0. The van der Waals surface area contributed by atoms with Crippen molar-refractivity contribution in [3.8, 4) is 17.1 Å². The van der Waals surface area contributed by atoms with Crippen LogP contribution in [0.3, 0.4) is 0 Å². The van der Waals surface area contributed by atoms with Gasteiger partial charge in [0.1, 0.15) is 11.4 Å². The molecule has 1 atom stereocenters. The Morgan fingerprint density at radius 2 is 2.04 bits per heavy atom. The molecule has 0 radical (unpaired) electrons. The molecule has 1 aliphatic heterocycles. The third-order valence-electron chi connectivity index (χ3n) is 5.54. The summed E-state index contributed by atoms with van der Waals surface area (Å²) in [5.74, 6) is 1.25. The third kappa shape index (κ3) is 2.59. The lowest BCUT2D eigenvalue weighted by molar-refractivity contribution is -0.125. The van der Waals surface area contributed by atoms with E-state index in [-0.39, 0.29) is 5.91 Å². The average Bonchev–Trinajstić information content (AvgIpc) is 3.40. The summed E-state index contributed by atoms with van der Waals surface area (Å²) in [6.07, 6.45) is 5.79. The lowest BCUT2D eigenvalue weighted by Crippen LogP contribution is -2.41. The molecule has 1 saturated carbocycles. The van der Waals surface area contributed by atoms with Gasteiger partial charge in [-0.2, -0.15) is 0 Å². The van der Waals surface area contributed by atoms with Crippen LogP contribution in [-0.2, 0) is 11.3 Å². The van der Waals surface area contributed by atoms with Gasteiger partial charge in [-0.05, 0) is 50.3 Å². The molecule has 6 heteroatoms. The van der Waals surface area contributed by atoms with Gasteiger partial charge in [-0.1, -0.05) is 0 Å². The van der Waals surface area contributed by atoms with E-state index < -0.39 is 6.10 Å². The lowest BCUT2D eigenvalue weighted by atomic mass is 10.0. The van der Waals surface area contributed by atoms with Crippen molar-refractivity contribution >= 4 is 22.5 Å². The molecule has 3 aromatic rings. The highest BCUT2D eigenvalue weighted by Gasteiger charge is 2.32. The van der Waals surface area contributed by atoms with Gasteiger partial charge in [0.05, 0.1) is 23.2 Å². The SMILES string of the molecule is CCn1cnc(-c2cc(C3CC3)c3cc4c(cc3n2)OC(C)C(=O)N4C)c1. The first-order valence-corrected chi connectivity index (χ1v) is 9.50. The van der Waals surface area contributed by atoms with Crippen molar-refractivity contribution in [2.75, 3.05) is 11.9 Å². The first-order valence-electron chi connectivity index (χ1n) is 9.50. The van der Waals surface area contributed by atoms with E-state index in [4.69, 9.17) is 9.72 Å². The number of imidazole rings is 1. The minimum Gasteiger partial charge on any atom is -0.479 e. The number of ether oxygens (including phenoxy) is 1. The van der Waals surface area contributed by atoms with Gasteiger partial charge in [0.25, 0.3) is 5.91 Å². The minimum absolute atomic E-state index is 0.0236. The number of carbonyl (C=O) groups excluding carboxylic acids is 1. The second-order valence-corrected chi connectivity index (χ2v) is 7.45. The molecule has 0 saturated heterocycles. The summed E-state index contributed by atoms with van der Waals surface area (Å²) in [7, 11) is 1.81. The summed E-state index contributed by atoms with van der Waals surface area (Å²) in [6.45, 7) is 4.76. The standard InChI is InChI=1S/C21H22N4O2/c1-4-25-10-18(22-11-25)17-7-14(13-5-6-13)15-8-19-20(9-16(15)23-17)27-12(2)21(26)24(19)3/h7-13H,4-6H2,1-3H3. The molecular formula is C21H22N4O2. The molecule has 1 unspecified atom stereocenters. The number of aryl methyl sites for hydroxylation is 1. The van der Waals surface area contributed by atoms with Crippen molar-refractivity contribution in [3.05, 3.63) is 36.3 Å². The smallest absolute Gasteiger partial charge is 0.267 e. The van der Waals surface area contributed by atoms with Crippen molar-refractivity contribution in [3.63, 3.8) is 0 Å². The Bertz CT molecular complexity index is 1070. The molecule has 0 N–H and O–H groups in total. The Morgan fingerprint density at radius 1 is 1.22 bits per heavy atom. The molecule has 6 nitrogen and oxygen atoms in total. The lowest BCUT2D eigenvalue weighted by Gasteiger charge is -2.30. The topological polar surface area (TPSA) is 60.2 Å². The highest BCUT2D eigenvalue weighted by molar-refractivity contribution is 6.02. The molecule has 0 spiro atoms. The van der Waals surface area contributed by atoms with Crippen LogP contribution < -0.4 is 9.64 Å². The average molecular weight is 362 g/mol. The Morgan fingerprint density at radius 3 is 2.74 bits per heavy atom. The van der Waals surface area contributed by atoms with Gasteiger partial charge in [-0.15, -0.1) is 0 Å². The van der Waals surface area contributed by atoms with Crippen molar-refractivity contribution in [2.45, 2.75) is 45.3 Å². The summed E-state index contributed by atoms with van der Waals surface area (Å²) >= 11 is 0. The van der Waals surface area contributed by atoms with E-state index in [1.807, 2.05) is 25.6 Å². The summed E-state index contributed by atoms with van der Waals surface area (Å²) in [4.78, 5) is 23.4. The fourth-order valence-electron chi connectivity index (χ4n) is 3.79. The predicted molar refractivity (Wildman–Crippen MR) is 104 cm³/mol. The summed E-state index contributed by atoms with van der Waals surface area (Å²) < 4.78 is 7.91. The van der Waals surface area contributed by atoms with Crippen molar-refractivity contribution in [1.29, 1.82) is 0 Å². The van der Waals surface area contributed by atoms with Crippen LogP contribution in [0.15, 0.2) is 30.7 Å². The number of amides is 1. The molecule has 138 valence electrons. The van der Waals surface area contributed by atoms with Gasteiger partial charge in [0, 0.05) is 31.2 Å². The zero-order valence-corrected chi connectivity index (χ0v) is 15.8. The van der Waals surface area contributed by atoms with Crippen LogP contribution in [0.25, 0.3) is 22.3 Å². The summed E-state index contributed by atoms with van der Waals surface area (Å²) in [5, 5.41) is 1.10. The zero-order chi connectivity index (χ0) is 18.7. The van der Waals surface area contributed by atoms with Crippen LogP contribution in [0.2, 0.25) is 0 Å². The summed E-state index contributed by atoms with van der Waals surface area (Å²) in [6, 6.07) is 6.20. The molecule has 1 amide bonds. The monoisotopic (exact) mass is 362 g/mol. The number of aromatic nitrogens is 3. The Hall–Kier alpha value is -2.89. The van der Waals surface area contributed by atoms with Gasteiger partial charge in [0.15, 0.2) is 6.10 Å². The predicted octanol–water partition coefficient (Wildman–Crippen LogP) is 3.74. The maximum atomic E-state index is 12.3. The van der Waals surface area contributed by atoms with E-state index >= 15 is 0 Å². The fraction of sp³-hybridized carbons (Fsp3) is 0.381. The number of pyridine rings is 1. The Balaban J connectivity index is 1.71. The number of rotatable bonds is 3. The molecular weight excluding hydrogens is 340 g/mol. The Labute approximate surface area is 157 Å². The van der Waals surface area contributed by atoms with Gasteiger partial charge in [-0.3, -0.25) is 4.79 Å².